The lowest BCUT2D eigenvalue weighted by Crippen LogP contribution is -2.35. The summed E-state index contributed by atoms with van der Waals surface area (Å²) >= 11 is 3.30. The molecule has 2 unspecified atom stereocenters. The molecule has 0 bridgehead atoms. The topological polar surface area (TPSA) is 65.2 Å². The van der Waals surface area contributed by atoms with E-state index in [1.807, 2.05) is 30.3 Å². The van der Waals surface area contributed by atoms with Crippen molar-refractivity contribution in [2.45, 2.75) is 18.4 Å². The Morgan fingerprint density at radius 1 is 1.11 bits per heavy atom. The Kier molecular flexibility index (Phi) is 4.58. The summed E-state index contributed by atoms with van der Waals surface area (Å²) in [5, 5.41) is 0. The summed E-state index contributed by atoms with van der Waals surface area (Å²) in [4.78, 5) is 0. The first-order chi connectivity index (χ1) is 8.70. The maximum Gasteiger partial charge on any atom is 0.169 e. The zero-order valence-corrected chi connectivity index (χ0v) is 11.6. The second kappa shape index (κ2) is 6.18. The Morgan fingerprint density at radius 2 is 1.83 bits per heavy atom. The van der Waals surface area contributed by atoms with Crippen molar-refractivity contribution in [3.63, 3.8) is 0 Å². The lowest BCUT2D eigenvalue weighted by Gasteiger charge is -2.20. The van der Waals surface area contributed by atoms with E-state index in [1.54, 1.807) is 0 Å². The van der Waals surface area contributed by atoms with Crippen LogP contribution in [-0.4, -0.2) is 12.6 Å². The van der Waals surface area contributed by atoms with E-state index in [2.05, 4.69) is 28.1 Å². The highest BCUT2D eigenvalue weighted by Gasteiger charge is 2.21. The van der Waals surface area contributed by atoms with Crippen LogP contribution in [0.15, 0.2) is 51.6 Å². The fourth-order valence-electron chi connectivity index (χ4n) is 2.06. The van der Waals surface area contributed by atoms with Gasteiger partial charge in [0.2, 0.25) is 0 Å². The number of halogens is 1. The summed E-state index contributed by atoms with van der Waals surface area (Å²) in [7, 11) is 0. The highest BCUT2D eigenvalue weighted by atomic mass is 79.9. The molecule has 1 aromatic heterocycles. The molecule has 1 aromatic carbocycles. The second-order valence-corrected chi connectivity index (χ2v) is 5.12. The van der Waals surface area contributed by atoms with Gasteiger partial charge >= 0.3 is 0 Å². The molecule has 0 fully saturated rings. The first-order valence-corrected chi connectivity index (χ1v) is 6.75. The number of benzene rings is 1. The molecule has 0 saturated carbocycles. The van der Waals surface area contributed by atoms with Crippen LogP contribution < -0.4 is 11.5 Å². The summed E-state index contributed by atoms with van der Waals surface area (Å²) in [6.45, 7) is 0.480. The molecule has 4 N–H and O–H groups in total. The van der Waals surface area contributed by atoms with Crippen molar-refractivity contribution >= 4 is 15.9 Å². The minimum Gasteiger partial charge on any atom is -0.454 e. The summed E-state index contributed by atoms with van der Waals surface area (Å²) in [6.07, 6.45) is 0.793. The molecule has 3 nitrogen and oxygen atoms in total. The van der Waals surface area contributed by atoms with Crippen LogP contribution in [0.3, 0.4) is 0 Å². The molecule has 1 heterocycles. The van der Waals surface area contributed by atoms with Crippen molar-refractivity contribution in [3.8, 4) is 0 Å². The first kappa shape index (κ1) is 13.3. The van der Waals surface area contributed by atoms with Crippen molar-refractivity contribution in [2.75, 3.05) is 6.54 Å². The molecule has 0 saturated heterocycles. The van der Waals surface area contributed by atoms with E-state index in [-0.39, 0.29) is 12.0 Å². The molecule has 2 atom stereocenters. The molecule has 4 heteroatoms. The summed E-state index contributed by atoms with van der Waals surface area (Å²) in [6, 6.07) is 13.9. The van der Waals surface area contributed by atoms with Gasteiger partial charge in [-0.05, 0) is 40.0 Å². The van der Waals surface area contributed by atoms with Gasteiger partial charge in [0.1, 0.15) is 5.76 Å². The SMILES string of the molecule is NCC(c1ccc(Br)o1)C(N)Cc1ccccc1. The fraction of sp³-hybridized carbons (Fsp3) is 0.286. The van der Waals surface area contributed by atoms with Crippen LogP contribution in [0, 0.1) is 0 Å². The van der Waals surface area contributed by atoms with Gasteiger partial charge in [-0.25, -0.2) is 0 Å². The maximum atomic E-state index is 6.25. The van der Waals surface area contributed by atoms with E-state index in [4.69, 9.17) is 15.9 Å². The molecule has 96 valence electrons. The van der Waals surface area contributed by atoms with Crippen molar-refractivity contribution in [1.82, 2.24) is 0 Å². The van der Waals surface area contributed by atoms with Gasteiger partial charge in [0.05, 0.1) is 0 Å². The van der Waals surface area contributed by atoms with E-state index in [9.17, 15) is 0 Å². The molecule has 18 heavy (non-hydrogen) atoms. The predicted molar refractivity (Wildman–Crippen MR) is 76.3 cm³/mol. The number of nitrogens with two attached hydrogens (primary N) is 2. The van der Waals surface area contributed by atoms with E-state index in [1.165, 1.54) is 5.56 Å². The lowest BCUT2D eigenvalue weighted by molar-refractivity contribution is 0.407. The number of rotatable bonds is 5. The van der Waals surface area contributed by atoms with Gasteiger partial charge in [-0.2, -0.15) is 0 Å². The molecule has 0 aliphatic rings. The monoisotopic (exact) mass is 308 g/mol. The molecule has 2 rings (SSSR count). The van der Waals surface area contributed by atoms with E-state index < -0.39 is 0 Å². The van der Waals surface area contributed by atoms with Crippen LogP contribution in [-0.2, 0) is 6.42 Å². The average Bonchev–Trinajstić information content (AvgIpc) is 2.78. The van der Waals surface area contributed by atoms with E-state index in [0.717, 1.165) is 12.2 Å². The second-order valence-electron chi connectivity index (χ2n) is 4.34. The third-order valence-electron chi connectivity index (χ3n) is 3.04. The quantitative estimate of drug-likeness (QED) is 0.892. The first-order valence-electron chi connectivity index (χ1n) is 5.95. The normalized spacial score (nSPS) is 14.4. The smallest absolute Gasteiger partial charge is 0.169 e. The molecule has 0 radical (unpaired) electrons. The largest absolute Gasteiger partial charge is 0.454 e. The summed E-state index contributed by atoms with van der Waals surface area (Å²) < 4.78 is 6.26. The number of furan rings is 1. The van der Waals surface area contributed by atoms with E-state index in [0.29, 0.717) is 11.2 Å². The van der Waals surface area contributed by atoms with Gasteiger partial charge in [0.15, 0.2) is 4.67 Å². The van der Waals surface area contributed by atoms with Crippen molar-refractivity contribution in [1.29, 1.82) is 0 Å². The molecular formula is C14H17BrN2O. The third kappa shape index (κ3) is 3.22. The molecular weight excluding hydrogens is 292 g/mol. The van der Waals surface area contributed by atoms with Gasteiger partial charge in [0.25, 0.3) is 0 Å². The van der Waals surface area contributed by atoms with Crippen LogP contribution in [0.1, 0.15) is 17.2 Å². The number of hydrogen-bond donors (Lipinski definition) is 2. The van der Waals surface area contributed by atoms with Crippen LogP contribution in [0.2, 0.25) is 0 Å². The van der Waals surface area contributed by atoms with Crippen LogP contribution in [0.25, 0.3) is 0 Å². The Bertz CT molecular complexity index is 484. The molecule has 0 aliphatic heterocycles. The minimum atomic E-state index is -0.0459. The highest BCUT2D eigenvalue weighted by molar-refractivity contribution is 9.10. The van der Waals surface area contributed by atoms with Crippen LogP contribution in [0.4, 0.5) is 0 Å². The standard InChI is InChI=1S/C14H17BrN2O/c15-14-7-6-13(18-14)11(9-16)12(17)8-10-4-2-1-3-5-10/h1-7,11-12H,8-9,16-17H2. The maximum absolute atomic E-state index is 6.25. The Hall–Kier alpha value is -1.10. The zero-order valence-electron chi connectivity index (χ0n) is 10.1. The minimum absolute atomic E-state index is 0.0384. The van der Waals surface area contributed by atoms with Gasteiger partial charge in [-0.1, -0.05) is 30.3 Å². The van der Waals surface area contributed by atoms with Gasteiger partial charge < -0.3 is 15.9 Å². The van der Waals surface area contributed by atoms with E-state index >= 15 is 0 Å². The van der Waals surface area contributed by atoms with Gasteiger partial charge in [-0.15, -0.1) is 0 Å². The Morgan fingerprint density at radius 3 is 2.39 bits per heavy atom. The summed E-state index contributed by atoms with van der Waals surface area (Å²) in [5.74, 6) is 0.879. The molecule has 0 amide bonds. The van der Waals surface area contributed by atoms with Crippen molar-refractivity contribution in [3.05, 3.63) is 58.5 Å². The molecule has 0 aliphatic carbocycles. The lowest BCUT2D eigenvalue weighted by atomic mass is 9.92. The molecule has 0 spiro atoms. The summed E-state index contributed by atoms with van der Waals surface area (Å²) in [5.41, 5.74) is 13.3. The van der Waals surface area contributed by atoms with Crippen molar-refractivity contribution in [2.24, 2.45) is 11.5 Å². The highest BCUT2D eigenvalue weighted by Crippen LogP contribution is 2.24. The van der Waals surface area contributed by atoms with Crippen LogP contribution >= 0.6 is 15.9 Å². The Labute approximate surface area is 115 Å². The number of hydrogen-bond acceptors (Lipinski definition) is 3. The fourth-order valence-corrected chi connectivity index (χ4v) is 2.38. The Balaban J connectivity index is 2.08. The van der Waals surface area contributed by atoms with Gasteiger partial charge in [0, 0.05) is 18.5 Å². The average molecular weight is 309 g/mol. The third-order valence-corrected chi connectivity index (χ3v) is 3.47. The predicted octanol–water partition coefficient (Wildman–Crippen LogP) is 2.65. The van der Waals surface area contributed by atoms with Crippen LogP contribution in [0.5, 0.6) is 0 Å². The van der Waals surface area contributed by atoms with Gasteiger partial charge in [-0.3, -0.25) is 0 Å². The van der Waals surface area contributed by atoms with Crippen molar-refractivity contribution < 1.29 is 4.42 Å². The zero-order chi connectivity index (χ0) is 13.0. The molecule has 2 aromatic rings.